The highest BCUT2D eigenvalue weighted by molar-refractivity contribution is 6.41. The number of nitrogens with one attached hydrogen (secondary N) is 2. The lowest BCUT2D eigenvalue weighted by Crippen LogP contribution is -1.97. The molecule has 0 atom stereocenters. The molecule has 2 N–H and O–H groups in total. The summed E-state index contributed by atoms with van der Waals surface area (Å²) in [6, 6.07) is 7.41. The van der Waals surface area contributed by atoms with Crippen LogP contribution in [0.4, 0.5) is 0 Å². The van der Waals surface area contributed by atoms with E-state index in [1.807, 2.05) is 24.4 Å². The Labute approximate surface area is 149 Å². The number of benzene rings is 1. The van der Waals surface area contributed by atoms with Crippen molar-refractivity contribution in [1.82, 2.24) is 9.97 Å². The number of hydrogen-bond donors (Lipinski definition) is 2. The molecule has 3 aromatic rings. The fourth-order valence-electron chi connectivity index (χ4n) is 2.65. The van der Waals surface area contributed by atoms with E-state index in [-0.39, 0.29) is 0 Å². The van der Waals surface area contributed by atoms with E-state index in [0.717, 1.165) is 5.69 Å². The maximum Gasteiger partial charge on any atom is 0.203 e. The summed E-state index contributed by atoms with van der Waals surface area (Å²) in [6.07, 6.45) is 1.82. The molecule has 0 aliphatic carbocycles. The molecule has 24 heavy (non-hydrogen) atoms. The third kappa shape index (κ3) is 2.60. The van der Waals surface area contributed by atoms with Gasteiger partial charge in [-0.25, -0.2) is 0 Å². The molecule has 0 radical (unpaired) electrons. The summed E-state index contributed by atoms with van der Waals surface area (Å²) in [7, 11) is 4.67. The van der Waals surface area contributed by atoms with Crippen molar-refractivity contribution in [2.75, 3.05) is 21.3 Å². The van der Waals surface area contributed by atoms with Gasteiger partial charge in [-0.3, -0.25) is 0 Å². The number of rotatable bonds is 5. The zero-order valence-corrected chi connectivity index (χ0v) is 14.9. The van der Waals surface area contributed by atoms with Crippen LogP contribution in [0.5, 0.6) is 17.2 Å². The van der Waals surface area contributed by atoms with Crippen molar-refractivity contribution in [3.05, 3.63) is 40.6 Å². The lowest BCUT2D eigenvalue weighted by molar-refractivity contribution is 0.325. The van der Waals surface area contributed by atoms with E-state index in [1.54, 1.807) is 27.4 Å². The Morgan fingerprint density at radius 2 is 1.67 bits per heavy atom. The van der Waals surface area contributed by atoms with Crippen molar-refractivity contribution in [3.63, 3.8) is 0 Å². The molecule has 5 nitrogen and oxygen atoms in total. The summed E-state index contributed by atoms with van der Waals surface area (Å²) in [6.45, 7) is 0. The van der Waals surface area contributed by atoms with E-state index in [1.165, 1.54) is 0 Å². The fraction of sp³-hybridized carbons (Fsp3) is 0.176. The van der Waals surface area contributed by atoms with Gasteiger partial charge in [0.1, 0.15) is 5.15 Å². The highest BCUT2D eigenvalue weighted by atomic mass is 35.5. The number of aromatic amines is 2. The number of H-pyrrole nitrogens is 2. The van der Waals surface area contributed by atoms with Crippen LogP contribution >= 0.6 is 23.2 Å². The van der Waals surface area contributed by atoms with Gasteiger partial charge in [0.05, 0.1) is 37.7 Å². The van der Waals surface area contributed by atoms with Gasteiger partial charge in [0.15, 0.2) is 11.5 Å². The van der Waals surface area contributed by atoms with Gasteiger partial charge in [-0.1, -0.05) is 23.2 Å². The van der Waals surface area contributed by atoms with Crippen LogP contribution in [0.25, 0.3) is 22.5 Å². The molecular weight excluding hydrogens is 351 g/mol. The molecule has 0 unspecified atom stereocenters. The first-order chi connectivity index (χ1) is 11.6. The van der Waals surface area contributed by atoms with Crippen LogP contribution in [0.2, 0.25) is 10.2 Å². The second-order valence-electron chi connectivity index (χ2n) is 4.97. The molecule has 0 spiro atoms. The summed E-state index contributed by atoms with van der Waals surface area (Å²) in [5, 5.41) is 0.906. The normalized spacial score (nSPS) is 10.7. The Morgan fingerprint density at radius 3 is 2.25 bits per heavy atom. The summed E-state index contributed by atoms with van der Waals surface area (Å²) in [5.41, 5.74) is 2.89. The van der Waals surface area contributed by atoms with Gasteiger partial charge in [-0.15, -0.1) is 0 Å². The lowest BCUT2D eigenvalue weighted by atomic mass is 10.1. The monoisotopic (exact) mass is 366 g/mol. The van der Waals surface area contributed by atoms with Gasteiger partial charge in [-0.05, 0) is 24.3 Å². The Bertz CT molecular complexity index is 857. The van der Waals surface area contributed by atoms with E-state index in [9.17, 15) is 0 Å². The van der Waals surface area contributed by atoms with Crippen LogP contribution in [-0.4, -0.2) is 31.3 Å². The third-order valence-corrected chi connectivity index (χ3v) is 4.40. The van der Waals surface area contributed by atoms with Gasteiger partial charge in [0, 0.05) is 17.3 Å². The average Bonchev–Trinajstić information content (AvgIpc) is 3.21. The van der Waals surface area contributed by atoms with Crippen molar-refractivity contribution >= 4 is 23.2 Å². The largest absolute Gasteiger partial charge is 0.493 e. The van der Waals surface area contributed by atoms with Crippen molar-refractivity contribution in [3.8, 4) is 39.8 Å². The summed E-state index contributed by atoms with van der Waals surface area (Å²) >= 11 is 13.0. The van der Waals surface area contributed by atoms with Crippen LogP contribution in [0, 0.1) is 0 Å². The van der Waals surface area contributed by atoms with Crippen LogP contribution < -0.4 is 14.2 Å². The molecule has 1 aromatic carbocycles. The van der Waals surface area contributed by atoms with E-state index in [2.05, 4.69) is 9.97 Å². The lowest BCUT2D eigenvalue weighted by Gasteiger charge is -2.15. The standard InChI is InChI=1S/C17H16Cl2N2O3/c1-22-11-7-6-9(15(23-2)16(11)24-3)12-13(18)14(21-17(12)19)10-5-4-8-20-10/h4-8,20-21H,1-3H3. The quantitative estimate of drug-likeness (QED) is 0.667. The molecule has 0 saturated heterocycles. The smallest absolute Gasteiger partial charge is 0.203 e. The highest BCUT2D eigenvalue weighted by Gasteiger charge is 2.24. The van der Waals surface area contributed by atoms with Crippen LogP contribution in [0.1, 0.15) is 0 Å². The van der Waals surface area contributed by atoms with Gasteiger partial charge >= 0.3 is 0 Å². The second-order valence-corrected chi connectivity index (χ2v) is 5.72. The minimum Gasteiger partial charge on any atom is -0.493 e. The van der Waals surface area contributed by atoms with Crippen LogP contribution in [-0.2, 0) is 0 Å². The number of aromatic nitrogens is 2. The van der Waals surface area contributed by atoms with Crippen molar-refractivity contribution in [2.24, 2.45) is 0 Å². The molecule has 0 saturated carbocycles. The Hall–Kier alpha value is -2.24. The van der Waals surface area contributed by atoms with E-state index < -0.39 is 0 Å². The molecule has 3 rings (SSSR count). The maximum atomic E-state index is 6.59. The first-order valence-corrected chi connectivity index (χ1v) is 7.88. The molecule has 0 bridgehead atoms. The summed E-state index contributed by atoms with van der Waals surface area (Å²) in [4.78, 5) is 6.21. The minimum absolute atomic E-state index is 0.412. The topological polar surface area (TPSA) is 59.3 Å². The second kappa shape index (κ2) is 6.71. The zero-order chi connectivity index (χ0) is 17.3. The third-order valence-electron chi connectivity index (χ3n) is 3.73. The predicted molar refractivity (Wildman–Crippen MR) is 95.7 cm³/mol. The van der Waals surface area contributed by atoms with Gasteiger partial charge in [0.2, 0.25) is 5.75 Å². The molecular formula is C17H16Cl2N2O3. The van der Waals surface area contributed by atoms with Gasteiger partial charge < -0.3 is 24.2 Å². The first kappa shape index (κ1) is 16.6. The molecule has 2 aromatic heterocycles. The van der Waals surface area contributed by atoms with Crippen LogP contribution in [0.3, 0.4) is 0 Å². The molecule has 0 amide bonds. The van der Waals surface area contributed by atoms with Crippen LogP contribution in [0.15, 0.2) is 30.5 Å². The van der Waals surface area contributed by atoms with Gasteiger partial charge in [0.25, 0.3) is 0 Å². The number of halogens is 2. The molecule has 0 aliphatic rings. The van der Waals surface area contributed by atoms with E-state index in [4.69, 9.17) is 37.4 Å². The average molecular weight is 367 g/mol. The number of ether oxygens (including phenoxy) is 3. The predicted octanol–water partition coefficient (Wildman–Crippen LogP) is 5.01. The molecule has 0 fully saturated rings. The number of methoxy groups -OCH3 is 3. The highest BCUT2D eigenvalue weighted by Crippen LogP contribution is 2.49. The Kier molecular flexibility index (Phi) is 4.64. The first-order valence-electron chi connectivity index (χ1n) is 7.12. The summed E-state index contributed by atoms with van der Waals surface area (Å²) < 4.78 is 16.3. The number of hydrogen-bond acceptors (Lipinski definition) is 3. The summed E-state index contributed by atoms with van der Waals surface area (Å²) in [5.74, 6) is 1.54. The maximum absolute atomic E-state index is 6.59. The molecule has 126 valence electrons. The van der Waals surface area contributed by atoms with Crippen molar-refractivity contribution < 1.29 is 14.2 Å². The zero-order valence-electron chi connectivity index (χ0n) is 13.4. The van der Waals surface area contributed by atoms with Crippen molar-refractivity contribution in [2.45, 2.75) is 0 Å². The minimum atomic E-state index is 0.412. The van der Waals surface area contributed by atoms with E-state index >= 15 is 0 Å². The molecule has 2 heterocycles. The SMILES string of the molecule is COc1ccc(-c2c(Cl)[nH]c(-c3ccc[nH]3)c2Cl)c(OC)c1OC. The van der Waals surface area contributed by atoms with Gasteiger partial charge in [-0.2, -0.15) is 0 Å². The Morgan fingerprint density at radius 1 is 0.917 bits per heavy atom. The molecule has 0 aliphatic heterocycles. The Balaban J connectivity index is 2.23. The van der Waals surface area contributed by atoms with E-state index in [0.29, 0.717) is 44.2 Å². The van der Waals surface area contributed by atoms with Crippen molar-refractivity contribution in [1.29, 1.82) is 0 Å². The fourth-order valence-corrected chi connectivity index (χ4v) is 3.34. The molecule has 7 heteroatoms.